The van der Waals surface area contributed by atoms with Gasteiger partial charge in [0.15, 0.2) is 0 Å². The van der Waals surface area contributed by atoms with Crippen LogP contribution in [0.2, 0.25) is 0 Å². The van der Waals surface area contributed by atoms with Crippen molar-refractivity contribution in [3.8, 4) is 0 Å². The van der Waals surface area contributed by atoms with Gasteiger partial charge in [0, 0.05) is 12.1 Å². The van der Waals surface area contributed by atoms with E-state index in [9.17, 15) is 17.2 Å². The molecular weight excluding hydrogens is 406 g/mol. The van der Waals surface area contributed by atoms with Gasteiger partial charge in [0.05, 0.1) is 5.25 Å². The second-order valence-corrected chi connectivity index (χ2v) is 10.6. The SMILES string of the molecule is CNCC1Cc2cc(F)c(CNS(=O)(=O)C3CCC3)cc2C1Cc1cccc(F)c1. The van der Waals surface area contributed by atoms with Gasteiger partial charge in [-0.05, 0) is 86.0 Å². The number of fused-ring (bicyclic) bond motifs is 1. The summed E-state index contributed by atoms with van der Waals surface area (Å²) < 4.78 is 55.7. The predicted molar refractivity (Wildman–Crippen MR) is 114 cm³/mol. The highest BCUT2D eigenvalue weighted by molar-refractivity contribution is 7.90. The van der Waals surface area contributed by atoms with Crippen molar-refractivity contribution in [1.82, 2.24) is 10.0 Å². The molecule has 0 radical (unpaired) electrons. The lowest BCUT2D eigenvalue weighted by molar-refractivity contribution is 0.435. The van der Waals surface area contributed by atoms with Crippen LogP contribution in [0.25, 0.3) is 0 Å². The summed E-state index contributed by atoms with van der Waals surface area (Å²) in [5.74, 6) is -0.243. The van der Waals surface area contributed by atoms with E-state index in [1.165, 1.54) is 6.07 Å². The summed E-state index contributed by atoms with van der Waals surface area (Å²) in [6.45, 7) is 0.737. The van der Waals surface area contributed by atoms with Crippen molar-refractivity contribution in [1.29, 1.82) is 0 Å². The fourth-order valence-corrected chi connectivity index (χ4v) is 6.21. The molecule has 0 aromatic heterocycles. The van der Waals surface area contributed by atoms with Crippen LogP contribution >= 0.6 is 0 Å². The third-order valence-electron chi connectivity index (χ3n) is 6.52. The van der Waals surface area contributed by atoms with Crippen LogP contribution < -0.4 is 10.0 Å². The van der Waals surface area contributed by atoms with Crippen LogP contribution in [0, 0.1) is 17.6 Å². The molecule has 0 spiro atoms. The molecule has 7 heteroatoms. The normalized spacial score (nSPS) is 21.4. The van der Waals surface area contributed by atoms with Crippen molar-refractivity contribution in [2.75, 3.05) is 13.6 Å². The average Bonchev–Trinajstić information content (AvgIpc) is 2.94. The Morgan fingerprint density at radius 2 is 1.93 bits per heavy atom. The minimum Gasteiger partial charge on any atom is -0.319 e. The van der Waals surface area contributed by atoms with Gasteiger partial charge in [0.2, 0.25) is 10.0 Å². The Morgan fingerprint density at radius 1 is 1.13 bits per heavy atom. The molecule has 1 saturated carbocycles. The molecule has 0 aliphatic heterocycles. The maximum absolute atomic E-state index is 14.7. The van der Waals surface area contributed by atoms with Gasteiger partial charge in [0.1, 0.15) is 11.6 Å². The molecule has 162 valence electrons. The Morgan fingerprint density at radius 3 is 2.60 bits per heavy atom. The van der Waals surface area contributed by atoms with Crippen LogP contribution in [0.3, 0.4) is 0 Å². The maximum Gasteiger partial charge on any atom is 0.214 e. The number of benzene rings is 2. The van der Waals surface area contributed by atoms with Gasteiger partial charge in [-0.3, -0.25) is 0 Å². The molecule has 4 nitrogen and oxygen atoms in total. The van der Waals surface area contributed by atoms with Crippen LogP contribution in [0.5, 0.6) is 0 Å². The lowest BCUT2D eigenvalue weighted by Gasteiger charge is -2.25. The van der Waals surface area contributed by atoms with Crippen molar-refractivity contribution < 1.29 is 17.2 Å². The molecule has 2 atom stereocenters. The average molecular weight is 435 g/mol. The summed E-state index contributed by atoms with van der Waals surface area (Å²) in [7, 11) is -1.51. The second-order valence-electron chi connectivity index (χ2n) is 8.52. The van der Waals surface area contributed by atoms with E-state index in [0.29, 0.717) is 24.8 Å². The summed E-state index contributed by atoms with van der Waals surface area (Å²) in [4.78, 5) is 0. The molecular formula is C23H28F2N2O2S. The number of hydrogen-bond acceptors (Lipinski definition) is 3. The smallest absolute Gasteiger partial charge is 0.214 e. The topological polar surface area (TPSA) is 58.2 Å². The third-order valence-corrected chi connectivity index (χ3v) is 8.42. The summed E-state index contributed by atoms with van der Waals surface area (Å²) in [5.41, 5.74) is 3.27. The molecule has 2 aliphatic carbocycles. The largest absolute Gasteiger partial charge is 0.319 e. The quantitative estimate of drug-likeness (QED) is 0.667. The van der Waals surface area contributed by atoms with Gasteiger partial charge in [-0.15, -0.1) is 0 Å². The van der Waals surface area contributed by atoms with Crippen molar-refractivity contribution in [2.24, 2.45) is 5.92 Å². The Kier molecular flexibility index (Phi) is 6.23. The van der Waals surface area contributed by atoms with E-state index < -0.39 is 10.0 Å². The third kappa shape index (κ3) is 4.43. The predicted octanol–water partition coefficient (Wildman–Crippen LogP) is 3.65. The molecule has 2 N–H and O–H groups in total. The zero-order valence-corrected chi connectivity index (χ0v) is 17.9. The summed E-state index contributed by atoms with van der Waals surface area (Å²) in [6.07, 6.45) is 3.68. The molecule has 0 bridgehead atoms. The molecule has 0 saturated heterocycles. The lowest BCUT2D eigenvalue weighted by atomic mass is 9.86. The van der Waals surface area contributed by atoms with Crippen molar-refractivity contribution in [3.05, 3.63) is 70.3 Å². The molecule has 0 amide bonds. The molecule has 1 fully saturated rings. The Bertz CT molecular complexity index is 1020. The van der Waals surface area contributed by atoms with Crippen molar-refractivity contribution in [2.45, 2.75) is 49.8 Å². The highest BCUT2D eigenvalue weighted by Crippen LogP contribution is 2.41. The number of nitrogens with one attached hydrogen (secondary N) is 2. The van der Waals surface area contributed by atoms with Crippen molar-refractivity contribution >= 4 is 10.0 Å². The first-order valence-corrected chi connectivity index (χ1v) is 12.1. The minimum atomic E-state index is -3.41. The van der Waals surface area contributed by atoms with E-state index in [4.69, 9.17) is 0 Å². The first-order chi connectivity index (χ1) is 14.4. The molecule has 2 aliphatic rings. The zero-order valence-electron chi connectivity index (χ0n) is 17.1. The highest BCUT2D eigenvalue weighted by atomic mass is 32.2. The number of halogens is 2. The van der Waals surface area contributed by atoms with Gasteiger partial charge in [-0.1, -0.05) is 24.6 Å². The zero-order chi connectivity index (χ0) is 21.3. The van der Waals surface area contributed by atoms with Crippen LogP contribution in [-0.2, 0) is 29.4 Å². The van der Waals surface area contributed by atoms with Crippen LogP contribution in [0.1, 0.15) is 47.4 Å². The molecule has 2 aromatic carbocycles. The molecule has 0 heterocycles. The highest BCUT2D eigenvalue weighted by Gasteiger charge is 2.34. The maximum atomic E-state index is 14.7. The molecule has 30 heavy (non-hydrogen) atoms. The van der Waals surface area contributed by atoms with Crippen LogP contribution in [0.4, 0.5) is 8.78 Å². The Balaban J connectivity index is 1.59. The lowest BCUT2D eigenvalue weighted by Crippen LogP contribution is -2.38. The van der Waals surface area contributed by atoms with Crippen LogP contribution in [-0.4, -0.2) is 27.3 Å². The molecule has 4 rings (SSSR count). The van der Waals surface area contributed by atoms with Gasteiger partial charge >= 0.3 is 0 Å². The van der Waals surface area contributed by atoms with Crippen LogP contribution in [0.15, 0.2) is 36.4 Å². The fraction of sp³-hybridized carbons (Fsp3) is 0.478. The van der Waals surface area contributed by atoms with Gasteiger partial charge in [0.25, 0.3) is 0 Å². The first-order valence-electron chi connectivity index (χ1n) is 10.6. The van der Waals surface area contributed by atoms with Gasteiger partial charge in [-0.25, -0.2) is 21.9 Å². The van der Waals surface area contributed by atoms with Gasteiger partial charge in [-0.2, -0.15) is 0 Å². The molecule has 2 unspecified atom stereocenters. The number of sulfonamides is 1. The number of hydrogen-bond donors (Lipinski definition) is 2. The monoisotopic (exact) mass is 434 g/mol. The van der Waals surface area contributed by atoms with E-state index >= 15 is 0 Å². The summed E-state index contributed by atoms with van der Waals surface area (Å²) >= 11 is 0. The van der Waals surface area contributed by atoms with Gasteiger partial charge < -0.3 is 5.32 Å². The summed E-state index contributed by atoms with van der Waals surface area (Å²) in [5, 5.41) is 2.86. The van der Waals surface area contributed by atoms with Crippen molar-refractivity contribution in [3.63, 3.8) is 0 Å². The first kappa shape index (κ1) is 21.4. The van der Waals surface area contributed by atoms with E-state index in [2.05, 4.69) is 10.0 Å². The standard InChI is InChI=1S/C23H28F2N2O2S/c1-26-13-17-10-16-12-23(25)18(14-27-30(28,29)20-6-3-7-20)11-22(16)21(17)9-15-4-2-5-19(24)8-15/h2,4-5,8,11-12,17,20-21,26-27H,3,6-7,9-10,13-14H2,1H3. The van der Waals surface area contributed by atoms with E-state index in [1.807, 2.05) is 19.2 Å². The minimum absolute atomic E-state index is 0.0404. The second kappa shape index (κ2) is 8.73. The number of rotatable bonds is 8. The van der Waals surface area contributed by atoms with E-state index in [0.717, 1.165) is 36.1 Å². The van der Waals surface area contributed by atoms with E-state index in [1.54, 1.807) is 18.2 Å². The summed E-state index contributed by atoms with van der Waals surface area (Å²) in [6, 6.07) is 9.96. The fourth-order valence-electron chi connectivity index (χ4n) is 4.66. The Hall–Kier alpha value is -1.83. The van der Waals surface area contributed by atoms with E-state index in [-0.39, 0.29) is 35.3 Å². The Labute approximate surface area is 177 Å². The molecule has 2 aromatic rings.